The van der Waals surface area contributed by atoms with E-state index in [9.17, 15) is 19.0 Å². The second-order valence-corrected chi connectivity index (χ2v) is 23.5. The molecule has 0 radical (unpaired) electrons. The summed E-state index contributed by atoms with van der Waals surface area (Å²) >= 11 is 0. The molecule has 9 nitrogen and oxygen atoms in total. The van der Waals surface area contributed by atoms with Crippen LogP contribution < -0.4 is 0 Å². The highest BCUT2D eigenvalue weighted by Gasteiger charge is 2.27. The van der Waals surface area contributed by atoms with Gasteiger partial charge < -0.3 is 18.9 Å². The Labute approximate surface area is 491 Å². The second kappa shape index (κ2) is 59.8. The molecule has 0 fully saturated rings. The Kier molecular flexibility index (Phi) is 56.9. The van der Waals surface area contributed by atoms with Gasteiger partial charge in [-0.25, -0.2) is 4.57 Å². The summed E-state index contributed by atoms with van der Waals surface area (Å²) in [5, 5.41) is 0. The van der Waals surface area contributed by atoms with E-state index in [0.717, 1.165) is 89.9 Å². The summed E-state index contributed by atoms with van der Waals surface area (Å²) in [4.78, 5) is 35.7. The molecule has 0 saturated heterocycles. The van der Waals surface area contributed by atoms with Crippen molar-refractivity contribution in [3.05, 3.63) is 134 Å². The van der Waals surface area contributed by atoms with E-state index in [1.165, 1.54) is 122 Å². The van der Waals surface area contributed by atoms with Crippen molar-refractivity contribution in [2.24, 2.45) is 0 Å². The van der Waals surface area contributed by atoms with Crippen molar-refractivity contribution in [3.63, 3.8) is 0 Å². The lowest BCUT2D eigenvalue weighted by molar-refractivity contribution is -0.870. The van der Waals surface area contributed by atoms with Gasteiger partial charge >= 0.3 is 19.8 Å². The fourth-order valence-electron chi connectivity index (χ4n) is 8.36. The molecule has 456 valence electrons. The number of nitrogens with zero attached hydrogens (tertiary/aromatic N) is 1. The summed E-state index contributed by atoms with van der Waals surface area (Å²) < 4.78 is 34.5. The van der Waals surface area contributed by atoms with E-state index < -0.39 is 26.5 Å². The summed E-state index contributed by atoms with van der Waals surface area (Å²) in [6.45, 7) is 4.12. The number of allylic oxidation sites excluding steroid dienone is 22. The normalized spacial score (nSPS) is 14.1. The van der Waals surface area contributed by atoms with Crippen LogP contribution in [0.4, 0.5) is 0 Å². The van der Waals surface area contributed by atoms with Gasteiger partial charge in [-0.1, -0.05) is 270 Å². The topological polar surface area (TPSA) is 108 Å². The largest absolute Gasteiger partial charge is 0.472 e. The van der Waals surface area contributed by atoms with Crippen LogP contribution in [-0.4, -0.2) is 74.9 Å². The zero-order chi connectivity index (χ0) is 58.4. The van der Waals surface area contributed by atoms with E-state index in [4.69, 9.17) is 18.5 Å². The number of hydrogen-bond donors (Lipinski definition) is 1. The highest BCUT2D eigenvalue weighted by Crippen LogP contribution is 2.43. The van der Waals surface area contributed by atoms with Gasteiger partial charge in [0.15, 0.2) is 6.10 Å². The SMILES string of the molecule is CC/C=C\C/C=C\C/C=C\C/C=C\C/C=C\C/C=C\CCC(=O)OC(COC(=O)CCCCCCCCCCCCCCCCCCCCCCC/C=C\C/C=C\C/C=C\C/C=C\C/C=C\CC)COP(=O)(O)OCC[N+](C)(C)C. The van der Waals surface area contributed by atoms with Crippen molar-refractivity contribution in [2.75, 3.05) is 47.5 Å². The van der Waals surface area contributed by atoms with Crippen LogP contribution in [0, 0.1) is 0 Å². The Balaban J connectivity index is 4.06. The Bertz CT molecular complexity index is 1810. The van der Waals surface area contributed by atoms with Gasteiger partial charge in [-0.15, -0.1) is 0 Å². The monoisotopic (exact) mass is 1130 g/mol. The average Bonchev–Trinajstić information content (AvgIpc) is 3.42. The van der Waals surface area contributed by atoms with E-state index in [2.05, 4.69) is 135 Å². The maximum absolute atomic E-state index is 12.8. The van der Waals surface area contributed by atoms with Crippen molar-refractivity contribution < 1.29 is 42.1 Å². The second-order valence-electron chi connectivity index (χ2n) is 22.0. The number of carbonyl (C=O) groups excluding carboxylic acids is 2. The first kappa shape index (κ1) is 76.1. The molecule has 10 heteroatoms. The summed E-state index contributed by atoms with van der Waals surface area (Å²) in [6.07, 6.45) is 87.2. The highest BCUT2D eigenvalue weighted by atomic mass is 31.2. The Morgan fingerprint density at radius 1 is 0.388 bits per heavy atom. The number of phosphoric acid groups is 1. The summed E-state index contributed by atoms with van der Waals surface area (Å²) in [6, 6.07) is 0. The first-order valence-corrected chi connectivity index (χ1v) is 33.4. The van der Waals surface area contributed by atoms with Gasteiger partial charge in [-0.3, -0.25) is 18.6 Å². The van der Waals surface area contributed by atoms with Gasteiger partial charge in [0.2, 0.25) is 0 Å². The number of phosphoric ester groups is 1. The maximum atomic E-state index is 12.8. The average molecular weight is 1130 g/mol. The molecule has 0 aromatic rings. The standard InChI is InChI=1S/C70H118NO8P/c1-6-8-10-12-14-16-18-20-22-24-26-27-28-29-30-31-32-33-34-35-36-37-38-39-40-41-42-43-45-46-48-50-52-54-56-58-60-62-69(72)76-66-68(67-78-80(74,75)77-65-64-71(3,4)5)79-70(73)63-61-59-57-55-53-51-49-47-44-25-23-21-19-17-15-13-11-9-7-2/h8-11,14-17,20-23,26-27,29-30,44,47,51,53,57,59,68H,6-7,12-13,18-19,24-25,28,31-43,45-46,48-50,52,54-56,58,60-67H2,1-5H3/p+1/b10-8-,11-9-,16-14-,17-15-,22-20-,23-21-,27-26-,30-29-,47-44-,53-51-,59-57-. The molecule has 1 N–H and O–H groups in total. The molecule has 0 aromatic heterocycles. The molecule has 0 aromatic carbocycles. The third-order valence-electron chi connectivity index (χ3n) is 13.2. The van der Waals surface area contributed by atoms with E-state index in [0.29, 0.717) is 17.4 Å². The lowest BCUT2D eigenvalue weighted by Gasteiger charge is -2.24. The number of hydrogen-bond acceptors (Lipinski definition) is 7. The maximum Gasteiger partial charge on any atom is 0.472 e. The molecule has 0 aliphatic heterocycles. The molecule has 0 aliphatic rings. The molecule has 80 heavy (non-hydrogen) atoms. The fraction of sp³-hybridized carbons (Fsp3) is 0.657. The van der Waals surface area contributed by atoms with Crippen LogP contribution in [0.15, 0.2) is 134 Å². The molecule has 0 spiro atoms. The van der Waals surface area contributed by atoms with Crippen LogP contribution in [0.2, 0.25) is 0 Å². The minimum absolute atomic E-state index is 0.0130. The van der Waals surface area contributed by atoms with E-state index in [1.807, 2.05) is 33.3 Å². The first-order valence-electron chi connectivity index (χ1n) is 31.9. The molecule has 0 amide bonds. The van der Waals surface area contributed by atoms with Crippen molar-refractivity contribution >= 4 is 19.8 Å². The zero-order valence-electron chi connectivity index (χ0n) is 51.8. The van der Waals surface area contributed by atoms with Crippen LogP contribution in [0.1, 0.15) is 245 Å². The van der Waals surface area contributed by atoms with Crippen molar-refractivity contribution in [2.45, 2.75) is 251 Å². The molecule has 0 heterocycles. The predicted molar refractivity (Wildman–Crippen MR) is 344 cm³/mol. The molecule has 0 aliphatic carbocycles. The minimum atomic E-state index is -4.41. The van der Waals surface area contributed by atoms with Crippen LogP contribution >= 0.6 is 7.82 Å². The molecule has 0 rings (SSSR count). The number of quaternary nitrogens is 1. The number of likely N-dealkylation sites (N-methyl/N-ethyl adjacent to an activating group) is 1. The Morgan fingerprint density at radius 3 is 1.05 bits per heavy atom. The van der Waals surface area contributed by atoms with Crippen LogP contribution in [0.3, 0.4) is 0 Å². The van der Waals surface area contributed by atoms with Gasteiger partial charge in [-0.05, 0) is 96.3 Å². The highest BCUT2D eigenvalue weighted by molar-refractivity contribution is 7.47. The molecular formula is C70H119NO8P+. The Hall–Kier alpha value is -3.85. The third-order valence-corrected chi connectivity index (χ3v) is 14.2. The summed E-state index contributed by atoms with van der Waals surface area (Å²) in [7, 11) is 1.42. The number of carbonyl (C=O) groups is 2. The zero-order valence-corrected chi connectivity index (χ0v) is 52.7. The van der Waals surface area contributed by atoms with Gasteiger partial charge in [0.1, 0.15) is 19.8 Å². The predicted octanol–water partition coefficient (Wildman–Crippen LogP) is 20.5. The van der Waals surface area contributed by atoms with E-state index in [-0.39, 0.29) is 32.0 Å². The molecule has 0 bridgehead atoms. The Morgan fingerprint density at radius 2 is 0.700 bits per heavy atom. The number of ether oxygens (including phenoxy) is 2. The molecule has 0 saturated carbocycles. The fourth-order valence-corrected chi connectivity index (χ4v) is 9.10. The minimum Gasteiger partial charge on any atom is -0.462 e. The van der Waals surface area contributed by atoms with Gasteiger partial charge in [0, 0.05) is 12.8 Å². The summed E-state index contributed by atoms with van der Waals surface area (Å²) in [5.41, 5.74) is 0. The van der Waals surface area contributed by atoms with Crippen molar-refractivity contribution in [3.8, 4) is 0 Å². The van der Waals surface area contributed by atoms with E-state index >= 15 is 0 Å². The molecular weight excluding hydrogens is 1010 g/mol. The van der Waals surface area contributed by atoms with Gasteiger partial charge in [0.25, 0.3) is 0 Å². The van der Waals surface area contributed by atoms with Crippen LogP contribution in [-0.2, 0) is 32.7 Å². The quantitative estimate of drug-likeness (QED) is 0.0211. The smallest absolute Gasteiger partial charge is 0.462 e. The molecule has 2 unspecified atom stereocenters. The lowest BCUT2D eigenvalue weighted by atomic mass is 10.0. The summed E-state index contributed by atoms with van der Waals surface area (Å²) in [5.74, 6) is -0.897. The lowest BCUT2D eigenvalue weighted by Crippen LogP contribution is -2.37. The van der Waals surface area contributed by atoms with Crippen LogP contribution in [0.5, 0.6) is 0 Å². The van der Waals surface area contributed by atoms with Crippen molar-refractivity contribution in [1.29, 1.82) is 0 Å². The van der Waals surface area contributed by atoms with E-state index in [1.54, 1.807) is 0 Å². The van der Waals surface area contributed by atoms with Crippen LogP contribution in [0.25, 0.3) is 0 Å². The van der Waals surface area contributed by atoms with Gasteiger partial charge in [0.05, 0.1) is 27.7 Å². The number of unbranched alkanes of at least 4 members (excludes halogenated alkanes) is 21. The number of rotatable bonds is 57. The first-order chi connectivity index (χ1) is 39.0. The number of esters is 2. The van der Waals surface area contributed by atoms with Gasteiger partial charge in [-0.2, -0.15) is 0 Å². The van der Waals surface area contributed by atoms with Crippen molar-refractivity contribution in [1.82, 2.24) is 0 Å². The third kappa shape index (κ3) is 63.3. The molecule has 2 atom stereocenters.